The molecule has 0 spiro atoms. The first kappa shape index (κ1) is 22.2. The number of quaternary nitrogens is 1. The third kappa shape index (κ3) is 3.85. The minimum absolute atomic E-state index is 0.330. The molecule has 3 aliphatic rings. The number of nitriles is 1. The highest BCUT2D eigenvalue weighted by Gasteiger charge is 2.49. The van der Waals surface area contributed by atoms with Crippen LogP contribution in [0.3, 0.4) is 0 Å². The van der Waals surface area contributed by atoms with E-state index in [4.69, 9.17) is 10.1 Å². The molecule has 178 valence electrons. The van der Waals surface area contributed by atoms with E-state index in [0.29, 0.717) is 18.2 Å². The Morgan fingerprint density at radius 1 is 1.00 bits per heavy atom. The predicted octanol–water partition coefficient (Wildman–Crippen LogP) is 4.03. The first-order valence-corrected chi connectivity index (χ1v) is 12.2. The summed E-state index contributed by atoms with van der Waals surface area (Å²) in [5, 5.41) is 19.0. The Balaban J connectivity index is 1.46. The van der Waals surface area contributed by atoms with Gasteiger partial charge >= 0.3 is 6.19 Å². The van der Waals surface area contributed by atoms with Gasteiger partial charge in [-0.2, -0.15) is 4.99 Å². The summed E-state index contributed by atoms with van der Waals surface area (Å²) in [5.74, 6) is 1.15. The predicted molar refractivity (Wildman–Crippen MR) is 145 cm³/mol. The highest BCUT2D eigenvalue weighted by molar-refractivity contribution is 6.21. The number of nitrogens with zero attached hydrogens (tertiary/aromatic N) is 7. The fourth-order valence-electron chi connectivity index (χ4n) is 4.90. The Kier molecular flexibility index (Phi) is 5.56. The van der Waals surface area contributed by atoms with Crippen LogP contribution in [0, 0.1) is 11.5 Å². The number of pyridine rings is 1. The van der Waals surface area contributed by atoms with Gasteiger partial charge in [0, 0.05) is 55.3 Å². The molecule has 1 atom stereocenters. The molecule has 1 N–H and O–H groups in total. The van der Waals surface area contributed by atoms with E-state index in [9.17, 15) is 5.26 Å². The highest BCUT2D eigenvalue weighted by Crippen LogP contribution is 2.45. The average Bonchev–Trinajstić information content (AvgIpc) is 3.33. The molecule has 0 aliphatic carbocycles. The second kappa shape index (κ2) is 9.04. The fraction of sp³-hybridized carbons (Fsp3) is 0.214. The van der Waals surface area contributed by atoms with Crippen LogP contribution in [-0.2, 0) is 6.54 Å². The molecule has 0 radical (unpaired) electrons. The van der Waals surface area contributed by atoms with E-state index in [-0.39, 0.29) is 4.59 Å². The summed E-state index contributed by atoms with van der Waals surface area (Å²) in [4.78, 5) is 14.0. The third-order valence-electron chi connectivity index (χ3n) is 6.89. The summed E-state index contributed by atoms with van der Waals surface area (Å²) in [6, 6.07) is 20.0. The number of benzene rings is 2. The molecule has 0 bridgehead atoms. The van der Waals surface area contributed by atoms with Crippen molar-refractivity contribution in [2.75, 3.05) is 43.4 Å². The SMILES string of the molecule is CN1CCN(c2cc3c(c(NCc4ccccn4)c2)[N+]2(C#N)N=C(c4ccccc4)N=C2C=C3)CC1. The van der Waals surface area contributed by atoms with E-state index in [1.165, 1.54) is 0 Å². The van der Waals surface area contributed by atoms with Gasteiger partial charge in [-0.15, -0.1) is 5.26 Å². The minimum Gasteiger partial charge on any atom is -0.374 e. The van der Waals surface area contributed by atoms with Crippen LogP contribution in [0.2, 0.25) is 0 Å². The Labute approximate surface area is 210 Å². The number of nitrogens with one attached hydrogen (secondary N) is 1. The van der Waals surface area contributed by atoms with Gasteiger partial charge in [-0.3, -0.25) is 4.98 Å². The van der Waals surface area contributed by atoms with E-state index in [1.807, 2.05) is 54.6 Å². The van der Waals surface area contributed by atoms with Gasteiger partial charge in [-0.25, -0.2) is 0 Å². The van der Waals surface area contributed by atoms with Crippen LogP contribution >= 0.6 is 0 Å². The number of anilines is 2. The van der Waals surface area contributed by atoms with E-state index >= 15 is 0 Å². The lowest BCUT2D eigenvalue weighted by molar-refractivity contribution is 0.313. The molecule has 2 aromatic carbocycles. The zero-order valence-corrected chi connectivity index (χ0v) is 20.2. The second-order valence-corrected chi connectivity index (χ2v) is 9.22. The van der Waals surface area contributed by atoms with Gasteiger partial charge in [0.15, 0.2) is 0 Å². The number of likely N-dealkylation sites (N-methyl/N-ethyl adjacent to an activating group) is 1. The molecule has 1 aromatic heterocycles. The van der Waals surface area contributed by atoms with Crippen molar-refractivity contribution in [2.45, 2.75) is 6.54 Å². The zero-order chi connectivity index (χ0) is 24.5. The Bertz CT molecular complexity index is 1410. The molecule has 3 aromatic rings. The van der Waals surface area contributed by atoms with Gasteiger partial charge in [0.2, 0.25) is 11.5 Å². The van der Waals surface area contributed by atoms with Crippen LogP contribution in [0.15, 0.2) is 83.0 Å². The second-order valence-electron chi connectivity index (χ2n) is 9.22. The molecule has 4 heterocycles. The number of rotatable bonds is 5. The van der Waals surface area contributed by atoms with Gasteiger partial charge in [-0.1, -0.05) is 36.4 Å². The molecule has 1 fully saturated rings. The van der Waals surface area contributed by atoms with Gasteiger partial charge in [0.25, 0.3) is 5.84 Å². The van der Waals surface area contributed by atoms with Crippen LogP contribution < -0.4 is 14.8 Å². The van der Waals surface area contributed by atoms with Crippen molar-refractivity contribution < 1.29 is 0 Å². The summed E-state index contributed by atoms with van der Waals surface area (Å²) >= 11 is 0. The largest absolute Gasteiger partial charge is 0.374 e. The highest BCUT2D eigenvalue weighted by atomic mass is 15.7. The lowest BCUT2D eigenvalue weighted by atomic mass is 10.0. The topological polar surface area (TPSA) is 79.9 Å². The van der Waals surface area contributed by atoms with Crippen LogP contribution in [0.5, 0.6) is 0 Å². The van der Waals surface area contributed by atoms with E-state index in [1.54, 1.807) is 6.20 Å². The van der Waals surface area contributed by atoms with E-state index in [2.05, 4.69) is 51.6 Å². The van der Waals surface area contributed by atoms with Gasteiger partial charge < -0.3 is 15.1 Å². The van der Waals surface area contributed by atoms with E-state index in [0.717, 1.165) is 60.1 Å². The standard InChI is InChI=1S/C28H27N8/c1-34-13-15-35(16-14-34)24-17-22-10-11-26-32-28(21-7-3-2-4-8-21)33-36(26,20-29)27(22)25(18-24)31-19-23-9-5-6-12-30-23/h2-12,17-18,31H,13-16,19H2,1H3/q+1. The molecule has 1 saturated heterocycles. The maximum Gasteiger partial charge on any atom is 0.351 e. The van der Waals surface area contributed by atoms with Gasteiger partial charge in [-0.05, 0) is 47.1 Å². The monoisotopic (exact) mass is 475 g/mol. The lowest BCUT2D eigenvalue weighted by Gasteiger charge is -2.35. The molecule has 36 heavy (non-hydrogen) atoms. The van der Waals surface area contributed by atoms with Crippen LogP contribution in [0.25, 0.3) is 6.08 Å². The number of piperazine rings is 1. The normalized spacial score (nSPS) is 20.7. The molecule has 0 saturated carbocycles. The lowest BCUT2D eigenvalue weighted by Crippen LogP contribution is -2.45. The quantitative estimate of drug-likeness (QED) is 0.445. The van der Waals surface area contributed by atoms with Crippen molar-refractivity contribution in [1.29, 1.82) is 5.26 Å². The summed E-state index contributed by atoms with van der Waals surface area (Å²) in [6.45, 7) is 4.49. The first-order valence-electron chi connectivity index (χ1n) is 12.2. The summed E-state index contributed by atoms with van der Waals surface area (Å²) < 4.78 is -0.330. The zero-order valence-electron chi connectivity index (χ0n) is 20.2. The minimum atomic E-state index is -0.330. The Morgan fingerprint density at radius 2 is 1.81 bits per heavy atom. The number of amidine groups is 2. The first-order chi connectivity index (χ1) is 17.7. The molecular formula is C28H27N8+. The van der Waals surface area contributed by atoms with Gasteiger partial charge in [0.05, 0.1) is 12.2 Å². The average molecular weight is 476 g/mol. The Morgan fingerprint density at radius 3 is 2.56 bits per heavy atom. The molecule has 8 nitrogen and oxygen atoms in total. The third-order valence-corrected chi connectivity index (χ3v) is 6.89. The van der Waals surface area contributed by atoms with Crippen molar-refractivity contribution in [2.24, 2.45) is 10.1 Å². The molecule has 6 rings (SSSR count). The van der Waals surface area contributed by atoms with Crippen LogP contribution in [-0.4, -0.2) is 54.8 Å². The molecule has 8 heteroatoms. The van der Waals surface area contributed by atoms with Crippen molar-refractivity contribution in [1.82, 2.24) is 14.5 Å². The number of aliphatic imine (C=N–C) groups is 1. The summed E-state index contributed by atoms with van der Waals surface area (Å²) in [5.41, 5.74) is 5.57. The summed E-state index contributed by atoms with van der Waals surface area (Å²) in [7, 11) is 2.16. The van der Waals surface area contributed by atoms with E-state index < -0.39 is 0 Å². The number of hydrogen-bond acceptors (Lipinski definition) is 7. The maximum atomic E-state index is 10.6. The van der Waals surface area contributed by atoms with Crippen molar-refractivity contribution in [3.8, 4) is 6.19 Å². The summed E-state index contributed by atoms with van der Waals surface area (Å²) in [6.07, 6.45) is 8.23. The number of hydrogen-bond donors (Lipinski definition) is 1. The van der Waals surface area contributed by atoms with Crippen LogP contribution in [0.4, 0.5) is 17.1 Å². The number of aromatic nitrogens is 1. The smallest absolute Gasteiger partial charge is 0.351 e. The van der Waals surface area contributed by atoms with Crippen LogP contribution in [0.1, 0.15) is 16.8 Å². The van der Waals surface area contributed by atoms with Gasteiger partial charge in [0.1, 0.15) is 5.69 Å². The molecule has 0 amide bonds. The molecule has 1 unspecified atom stereocenters. The van der Waals surface area contributed by atoms with Crippen molar-refractivity contribution >= 4 is 34.8 Å². The fourth-order valence-corrected chi connectivity index (χ4v) is 4.90. The Hall–Kier alpha value is -4.32. The maximum absolute atomic E-state index is 10.6. The molecular weight excluding hydrogens is 448 g/mol. The molecule has 3 aliphatic heterocycles. The number of fused-ring (bicyclic) bond motifs is 3. The van der Waals surface area contributed by atoms with Crippen molar-refractivity contribution in [3.63, 3.8) is 0 Å². The van der Waals surface area contributed by atoms with Crippen molar-refractivity contribution in [3.05, 3.63) is 89.8 Å².